The van der Waals surface area contributed by atoms with E-state index in [0.717, 1.165) is 35.2 Å². The first kappa shape index (κ1) is 17.4. The first-order chi connectivity index (χ1) is 13.6. The molecule has 0 spiro atoms. The van der Waals surface area contributed by atoms with Crippen molar-refractivity contribution < 1.29 is 9.32 Å². The third-order valence-electron chi connectivity index (χ3n) is 6.50. The molecule has 1 saturated carbocycles. The number of amides is 1. The Labute approximate surface area is 164 Å². The largest absolute Gasteiger partial charge is 0.335 e. The van der Waals surface area contributed by atoms with E-state index in [4.69, 9.17) is 4.52 Å². The Balaban J connectivity index is 1.63. The second kappa shape index (κ2) is 6.73. The van der Waals surface area contributed by atoms with Gasteiger partial charge in [0.15, 0.2) is 0 Å². The Morgan fingerprint density at radius 2 is 1.96 bits per heavy atom. The number of likely N-dealkylation sites (tertiary alicyclic amines) is 1. The number of hydrogen-bond donors (Lipinski definition) is 0. The molecule has 5 rings (SSSR count). The number of carbonyl (C=O) groups excluding carboxylic acids is 1. The molecule has 1 saturated heterocycles. The summed E-state index contributed by atoms with van der Waals surface area (Å²) in [5.41, 5.74) is 3.55. The molecule has 28 heavy (non-hydrogen) atoms. The van der Waals surface area contributed by atoms with Crippen molar-refractivity contribution in [2.75, 3.05) is 0 Å². The van der Waals surface area contributed by atoms with E-state index in [1.165, 1.54) is 19.3 Å². The van der Waals surface area contributed by atoms with Crippen molar-refractivity contribution in [3.8, 4) is 11.3 Å². The fourth-order valence-corrected chi connectivity index (χ4v) is 5.22. The van der Waals surface area contributed by atoms with E-state index in [1.54, 1.807) is 0 Å². The number of carbonyl (C=O) groups is 1. The lowest BCUT2D eigenvalue weighted by atomic mass is 9.84. The summed E-state index contributed by atoms with van der Waals surface area (Å²) < 4.78 is 5.47. The zero-order chi connectivity index (χ0) is 19.3. The summed E-state index contributed by atoms with van der Waals surface area (Å²) in [6, 6.07) is 12.5. The van der Waals surface area contributed by atoms with E-state index in [9.17, 15) is 4.79 Å². The Morgan fingerprint density at radius 3 is 2.79 bits per heavy atom. The normalized spacial score (nSPS) is 24.5. The molecule has 1 amide bonds. The molecule has 0 radical (unpaired) electrons. The van der Waals surface area contributed by atoms with Gasteiger partial charge in [-0.3, -0.25) is 4.79 Å². The highest BCUT2D eigenvalue weighted by molar-refractivity contribution is 6.07. The highest BCUT2D eigenvalue weighted by Gasteiger charge is 2.43. The minimum absolute atomic E-state index is 0.0952. The molecule has 144 valence electrons. The molecular formula is C23H25N3O2. The topological polar surface area (TPSA) is 59.2 Å². The first-order valence-electron chi connectivity index (χ1n) is 10.3. The van der Waals surface area contributed by atoms with Crippen LogP contribution in [0.4, 0.5) is 0 Å². The van der Waals surface area contributed by atoms with Crippen LogP contribution in [-0.2, 0) is 0 Å². The minimum Gasteiger partial charge on any atom is -0.335 e. The maximum Gasteiger partial charge on any atom is 0.259 e. The number of aromatic nitrogens is 2. The number of nitrogens with zero attached hydrogens (tertiary/aromatic N) is 3. The van der Waals surface area contributed by atoms with Crippen molar-refractivity contribution in [2.45, 2.75) is 58.0 Å². The molecule has 3 aromatic rings. The van der Waals surface area contributed by atoms with Crippen molar-refractivity contribution in [2.24, 2.45) is 5.92 Å². The Bertz CT molecular complexity index is 1030. The summed E-state index contributed by atoms with van der Waals surface area (Å²) in [7, 11) is 0. The van der Waals surface area contributed by atoms with E-state index in [2.05, 4.69) is 22.0 Å². The molecular weight excluding hydrogens is 350 g/mol. The smallest absolute Gasteiger partial charge is 0.259 e. The molecule has 0 bridgehead atoms. The van der Waals surface area contributed by atoms with Crippen LogP contribution in [0, 0.1) is 12.8 Å². The molecule has 2 aliphatic rings. The molecule has 2 fully saturated rings. The van der Waals surface area contributed by atoms with E-state index in [-0.39, 0.29) is 11.9 Å². The van der Waals surface area contributed by atoms with Crippen LogP contribution >= 0.6 is 0 Å². The SMILES string of the molecule is Cc1noc2nc(-c3ccccc3)cc(C(=O)N3C(C)CC4CCCCC43)c12. The highest BCUT2D eigenvalue weighted by Crippen LogP contribution is 2.41. The lowest BCUT2D eigenvalue weighted by Gasteiger charge is -2.33. The standard InChI is InChI=1S/C23H25N3O2/c1-14-12-17-10-6-7-11-20(17)26(14)23(27)18-13-19(16-8-4-3-5-9-16)24-22-21(18)15(2)25-28-22/h3-5,8-9,13-14,17,20H,6-7,10-12H2,1-2H3. The Hall–Kier alpha value is -2.69. The zero-order valence-electron chi connectivity index (χ0n) is 16.4. The third kappa shape index (κ3) is 2.72. The van der Waals surface area contributed by atoms with Gasteiger partial charge in [0.1, 0.15) is 0 Å². The van der Waals surface area contributed by atoms with Gasteiger partial charge in [0.25, 0.3) is 11.6 Å². The molecule has 0 N–H and O–H groups in total. The number of aryl methyl sites for hydroxylation is 1. The average molecular weight is 375 g/mol. The van der Waals surface area contributed by atoms with Gasteiger partial charge in [-0.05, 0) is 45.1 Å². The van der Waals surface area contributed by atoms with Crippen molar-refractivity contribution >= 4 is 17.0 Å². The fourth-order valence-electron chi connectivity index (χ4n) is 5.22. The maximum atomic E-state index is 13.8. The van der Waals surface area contributed by atoms with Crippen LogP contribution in [-0.4, -0.2) is 33.0 Å². The second-order valence-corrected chi connectivity index (χ2v) is 8.28. The molecule has 5 heteroatoms. The number of fused-ring (bicyclic) bond motifs is 2. The van der Waals surface area contributed by atoms with Gasteiger partial charge >= 0.3 is 0 Å². The minimum atomic E-state index is 0.0952. The van der Waals surface area contributed by atoms with Gasteiger partial charge in [0.2, 0.25) is 0 Å². The van der Waals surface area contributed by atoms with Crippen LogP contribution in [0.15, 0.2) is 40.9 Å². The highest BCUT2D eigenvalue weighted by atomic mass is 16.5. The van der Waals surface area contributed by atoms with Crippen LogP contribution in [0.5, 0.6) is 0 Å². The van der Waals surface area contributed by atoms with Gasteiger partial charge in [0.05, 0.1) is 22.3 Å². The summed E-state index contributed by atoms with van der Waals surface area (Å²) in [4.78, 5) is 20.6. The average Bonchev–Trinajstić information content (AvgIpc) is 3.26. The fraction of sp³-hybridized carbons (Fsp3) is 0.435. The van der Waals surface area contributed by atoms with Gasteiger partial charge in [-0.15, -0.1) is 0 Å². The maximum absolute atomic E-state index is 13.8. The van der Waals surface area contributed by atoms with Crippen LogP contribution in [0.3, 0.4) is 0 Å². The monoisotopic (exact) mass is 375 g/mol. The van der Waals surface area contributed by atoms with Crippen LogP contribution in [0.2, 0.25) is 0 Å². The van der Waals surface area contributed by atoms with Gasteiger partial charge in [0, 0.05) is 17.6 Å². The number of hydrogen-bond acceptors (Lipinski definition) is 4. The Morgan fingerprint density at radius 1 is 1.18 bits per heavy atom. The van der Waals surface area contributed by atoms with E-state index in [1.807, 2.05) is 43.3 Å². The number of benzene rings is 1. The lowest BCUT2D eigenvalue weighted by Crippen LogP contribution is -2.42. The second-order valence-electron chi connectivity index (χ2n) is 8.28. The summed E-state index contributed by atoms with van der Waals surface area (Å²) >= 11 is 0. The molecule has 1 aromatic carbocycles. The van der Waals surface area contributed by atoms with Crippen molar-refractivity contribution in [1.29, 1.82) is 0 Å². The van der Waals surface area contributed by atoms with Crippen LogP contribution in [0.1, 0.15) is 55.1 Å². The predicted octanol–water partition coefficient (Wildman–Crippen LogP) is 4.99. The summed E-state index contributed by atoms with van der Waals surface area (Å²) in [5.74, 6) is 0.736. The molecule has 3 heterocycles. The van der Waals surface area contributed by atoms with Gasteiger partial charge in [-0.1, -0.05) is 48.3 Å². The summed E-state index contributed by atoms with van der Waals surface area (Å²) in [5, 5.41) is 4.84. The molecule has 3 atom stereocenters. The number of rotatable bonds is 2. The van der Waals surface area contributed by atoms with E-state index >= 15 is 0 Å². The predicted molar refractivity (Wildman–Crippen MR) is 108 cm³/mol. The van der Waals surface area contributed by atoms with Gasteiger partial charge in [-0.2, -0.15) is 0 Å². The zero-order valence-corrected chi connectivity index (χ0v) is 16.4. The van der Waals surface area contributed by atoms with Crippen LogP contribution < -0.4 is 0 Å². The molecule has 3 unspecified atom stereocenters. The van der Waals surface area contributed by atoms with Crippen LogP contribution in [0.25, 0.3) is 22.4 Å². The summed E-state index contributed by atoms with van der Waals surface area (Å²) in [6.45, 7) is 4.07. The summed E-state index contributed by atoms with van der Waals surface area (Å²) in [6.07, 6.45) is 5.97. The molecule has 5 nitrogen and oxygen atoms in total. The number of pyridine rings is 1. The quantitative estimate of drug-likeness (QED) is 0.633. The molecule has 1 aliphatic heterocycles. The van der Waals surface area contributed by atoms with Crippen molar-refractivity contribution in [3.63, 3.8) is 0 Å². The lowest BCUT2D eigenvalue weighted by molar-refractivity contribution is 0.0635. The molecule has 2 aromatic heterocycles. The van der Waals surface area contributed by atoms with E-state index < -0.39 is 0 Å². The first-order valence-corrected chi connectivity index (χ1v) is 10.3. The molecule has 1 aliphatic carbocycles. The van der Waals surface area contributed by atoms with Crippen molar-refractivity contribution in [3.05, 3.63) is 47.7 Å². The van der Waals surface area contributed by atoms with Crippen molar-refractivity contribution in [1.82, 2.24) is 15.0 Å². The Kier molecular flexibility index (Phi) is 4.18. The van der Waals surface area contributed by atoms with E-state index in [0.29, 0.717) is 23.2 Å². The van der Waals surface area contributed by atoms with Gasteiger partial charge in [-0.25, -0.2) is 4.98 Å². The van der Waals surface area contributed by atoms with Gasteiger partial charge < -0.3 is 9.42 Å². The third-order valence-corrected chi connectivity index (χ3v) is 6.50.